The molecule has 2 rings (SSSR count). The molecular weight excluding hydrogens is 318 g/mol. The lowest BCUT2D eigenvalue weighted by Crippen LogP contribution is -2.31. The summed E-state index contributed by atoms with van der Waals surface area (Å²) < 4.78 is 28.0. The molecule has 0 saturated heterocycles. The molecule has 19 heavy (non-hydrogen) atoms. The number of benzene rings is 1. The van der Waals surface area contributed by atoms with Crippen LogP contribution < -0.4 is 11.3 Å². The van der Waals surface area contributed by atoms with Crippen molar-refractivity contribution in [1.29, 1.82) is 0 Å². The molecule has 0 saturated carbocycles. The van der Waals surface area contributed by atoms with E-state index in [0.717, 1.165) is 6.07 Å². The maximum absolute atomic E-state index is 14.0. The number of aryl methyl sites for hydroxylation is 1. The van der Waals surface area contributed by atoms with E-state index in [0.29, 0.717) is 11.4 Å². The fourth-order valence-corrected chi connectivity index (χ4v) is 2.02. The van der Waals surface area contributed by atoms with Crippen molar-refractivity contribution < 1.29 is 8.78 Å². The van der Waals surface area contributed by atoms with Crippen LogP contribution in [0.3, 0.4) is 0 Å². The van der Waals surface area contributed by atoms with Crippen molar-refractivity contribution in [1.82, 2.24) is 15.4 Å². The highest BCUT2D eigenvalue weighted by Gasteiger charge is 2.24. The lowest BCUT2D eigenvalue weighted by molar-refractivity contribution is 0.501. The van der Waals surface area contributed by atoms with Gasteiger partial charge in [0.15, 0.2) is 0 Å². The Morgan fingerprint density at radius 2 is 2.00 bits per heavy atom. The van der Waals surface area contributed by atoms with Crippen LogP contribution in [0, 0.1) is 18.6 Å². The number of nitrogens with two attached hydrogens (primary N) is 1. The Morgan fingerprint density at radius 3 is 2.58 bits per heavy atom. The molecule has 0 radical (unpaired) electrons. The molecule has 1 aromatic heterocycles. The zero-order valence-corrected chi connectivity index (χ0v) is 11.6. The smallest absolute Gasteiger partial charge is 0.145 e. The van der Waals surface area contributed by atoms with Crippen LogP contribution in [0.2, 0.25) is 0 Å². The van der Waals surface area contributed by atoms with E-state index in [2.05, 4.69) is 31.3 Å². The zero-order valence-electron chi connectivity index (χ0n) is 9.99. The number of nitrogens with zero attached hydrogens (tertiary/aromatic N) is 2. The Labute approximate surface area is 117 Å². The van der Waals surface area contributed by atoms with E-state index < -0.39 is 17.7 Å². The predicted octanol–water partition coefficient (Wildman–Crippen LogP) is 2.38. The summed E-state index contributed by atoms with van der Waals surface area (Å²) in [7, 11) is 0. The summed E-state index contributed by atoms with van der Waals surface area (Å²) in [5.41, 5.74) is 3.20. The van der Waals surface area contributed by atoms with Crippen LogP contribution in [0.4, 0.5) is 8.78 Å². The molecule has 0 amide bonds. The van der Waals surface area contributed by atoms with Crippen LogP contribution >= 0.6 is 15.9 Å². The lowest BCUT2D eigenvalue weighted by Gasteiger charge is -2.17. The maximum atomic E-state index is 14.0. The van der Waals surface area contributed by atoms with Gasteiger partial charge in [-0.15, -0.1) is 0 Å². The molecule has 0 aliphatic carbocycles. The summed E-state index contributed by atoms with van der Waals surface area (Å²) in [4.78, 5) is 8.12. The van der Waals surface area contributed by atoms with Crippen LogP contribution in [0.15, 0.2) is 29.0 Å². The first-order chi connectivity index (χ1) is 9.04. The van der Waals surface area contributed by atoms with Crippen molar-refractivity contribution in [2.24, 2.45) is 5.84 Å². The van der Waals surface area contributed by atoms with E-state index in [1.807, 2.05) is 0 Å². The molecule has 0 aliphatic rings. The summed E-state index contributed by atoms with van der Waals surface area (Å²) in [6.07, 6.45) is 2.94. The van der Waals surface area contributed by atoms with Crippen LogP contribution in [0.25, 0.3) is 0 Å². The number of nitrogens with one attached hydrogen (secondary N) is 1. The van der Waals surface area contributed by atoms with Gasteiger partial charge in [0.2, 0.25) is 0 Å². The molecule has 1 unspecified atom stereocenters. The highest BCUT2D eigenvalue weighted by atomic mass is 79.9. The quantitative estimate of drug-likeness (QED) is 0.516. The van der Waals surface area contributed by atoms with Gasteiger partial charge in [0.25, 0.3) is 0 Å². The first-order valence-electron chi connectivity index (χ1n) is 5.42. The van der Waals surface area contributed by atoms with Crippen molar-refractivity contribution in [3.8, 4) is 0 Å². The maximum Gasteiger partial charge on any atom is 0.145 e. The van der Waals surface area contributed by atoms with Gasteiger partial charge in [-0.3, -0.25) is 15.8 Å². The highest BCUT2D eigenvalue weighted by molar-refractivity contribution is 9.10. The summed E-state index contributed by atoms with van der Waals surface area (Å²) in [6, 6.07) is 1.54. The largest absolute Gasteiger partial charge is 0.271 e. The summed E-state index contributed by atoms with van der Waals surface area (Å²) in [5.74, 6) is 3.98. The molecule has 1 atom stereocenters. The van der Waals surface area contributed by atoms with Crippen LogP contribution in [0.1, 0.15) is 23.0 Å². The van der Waals surface area contributed by atoms with Crippen molar-refractivity contribution in [2.75, 3.05) is 0 Å². The molecule has 0 spiro atoms. The molecule has 1 aromatic carbocycles. The molecular formula is C12H11BrF2N4. The summed E-state index contributed by atoms with van der Waals surface area (Å²) in [5, 5.41) is 0. The number of halogens is 3. The number of hydrogen-bond donors (Lipinski definition) is 2. The molecule has 4 nitrogen and oxygen atoms in total. The first kappa shape index (κ1) is 14.0. The van der Waals surface area contributed by atoms with Gasteiger partial charge in [0, 0.05) is 11.8 Å². The van der Waals surface area contributed by atoms with Gasteiger partial charge in [0.1, 0.15) is 11.6 Å². The Balaban J connectivity index is 2.54. The van der Waals surface area contributed by atoms with E-state index >= 15 is 0 Å². The second-order valence-electron chi connectivity index (χ2n) is 3.94. The van der Waals surface area contributed by atoms with Crippen molar-refractivity contribution in [2.45, 2.75) is 13.0 Å². The molecule has 100 valence electrons. The summed E-state index contributed by atoms with van der Waals surface area (Å²) >= 11 is 3.02. The fourth-order valence-electron chi connectivity index (χ4n) is 1.68. The van der Waals surface area contributed by atoms with Gasteiger partial charge in [-0.2, -0.15) is 0 Å². The van der Waals surface area contributed by atoms with E-state index in [1.165, 1.54) is 18.5 Å². The monoisotopic (exact) mass is 328 g/mol. The highest BCUT2D eigenvalue weighted by Crippen LogP contribution is 2.29. The van der Waals surface area contributed by atoms with Gasteiger partial charge in [0.05, 0.1) is 28.1 Å². The third-order valence-corrected chi connectivity index (χ3v) is 3.24. The average molecular weight is 329 g/mol. The van der Waals surface area contributed by atoms with Crippen LogP contribution in [-0.2, 0) is 0 Å². The molecule has 0 fully saturated rings. The zero-order chi connectivity index (χ0) is 14.0. The van der Waals surface area contributed by atoms with Gasteiger partial charge in [-0.05, 0) is 35.0 Å². The average Bonchev–Trinajstić information content (AvgIpc) is 2.40. The van der Waals surface area contributed by atoms with Gasteiger partial charge in [-0.1, -0.05) is 0 Å². The number of aromatic nitrogens is 2. The van der Waals surface area contributed by atoms with Crippen LogP contribution in [-0.4, -0.2) is 9.97 Å². The Morgan fingerprint density at radius 1 is 1.26 bits per heavy atom. The van der Waals surface area contributed by atoms with E-state index in [1.54, 1.807) is 6.92 Å². The molecule has 2 aromatic rings. The van der Waals surface area contributed by atoms with Crippen LogP contribution in [0.5, 0.6) is 0 Å². The predicted molar refractivity (Wildman–Crippen MR) is 70.0 cm³/mol. The third kappa shape index (κ3) is 2.78. The fraction of sp³-hybridized carbons (Fsp3) is 0.167. The minimum Gasteiger partial charge on any atom is -0.271 e. The van der Waals surface area contributed by atoms with Gasteiger partial charge < -0.3 is 0 Å². The Bertz CT molecular complexity index is 589. The van der Waals surface area contributed by atoms with E-state index in [-0.39, 0.29) is 10.0 Å². The van der Waals surface area contributed by atoms with Crippen molar-refractivity contribution in [3.05, 3.63) is 57.6 Å². The second kappa shape index (κ2) is 5.68. The minimum absolute atomic E-state index is 0.157. The lowest BCUT2D eigenvalue weighted by atomic mass is 10.0. The molecule has 1 heterocycles. The van der Waals surface area contributed by atoms with Gasteiger partial charge in [-0.25, -0.2) is 14.2 Å². The van der Waals surface area contributed by atoms with Crippen molar-refractivity contribution >= 4 is 15.9 Å². The number of hydrazine groups is 1. The molecule has 0 bridgehead atoms. The standard InChI is InChI=1S/C12H11BrF2N4/c1-6-4-18-9(5-17-6)12(19-16)10-8(14)3-2-7(13)11(10)15/h2-5,12,19H,16H2,1H3. The third-order valence-electron chi connectivity index (χ3n) is 2.63. The molecule has 3 N–H and O–H groups in total. The van der Waals surface area contributed by atoms with Gasteiger partial charge >= 0.3 is 0 Å². The Kier molecular flexibility index (Phi) is 4.18. The topological polar surface area (TPSA) is 63.8 Å². The molecule has 0 aliphatic heterocycles. The Hall–Kier alpha value is -1.44. The SMILES string of the molecule is Cc1cnc(C(NN)c2c(F)ccc(Br)c2F)cn1. The number of rotatable bonds is 3. The van der Waals surface area contributed by atoms with E-state index in [9.17, 15) is 8.78 Å². The summed E-state index contributed by atoms with van der Waals surface area (Å²) in [6.45, 7) is 1.77. The normalized spacial score (nSPS) is 12.5. The van der Waals surface area contributed by atoms with E-state index in [4.69, 9.17) is 5.84 Å². The van der Waals surface area contributed by atoms with Crippen molar-refractivity contribution in [3.63, 3.8) is 0 Å². The number of hydrogen-bond acceptors (Lipinski definition) is 4. The second-order valence-corrected chi connectivity index (χ2v) is 4.79. The minimum atomic E-state index is -0.911. The molecule has 7 heteroatoms. The first-order valence-corrected chi connectivity index (χ1v) is 6.22.